The molecule has 0 aliphatic carbocycles. The van der Waals surface area contributed by atoms with Gasteiger partial charge in [0.15, 0.2) is 5.65 Å². The number of nitrogen functional groups attached to an aromatic ring is 2. The Morgan fingerprint density at radius 3 is 2.59 bits per heavy atom. The van der Waals surface area contributed by atoms with Crippen LogP contribution in [-0.2, 0) is 4.79 Å². The molecule has 0 saturated carbocycles. The van der Waals surface area contributed by atoms with Crippen LogP contribution in [0.5, 0.6) is 5.75 Å². The molecule has 0 fully saturated rings. The van der Waals surface area contributed by atoms with Gasteiger partial charge < -0.3 is 31.9 Å². The predicted octanol–water partition coefficient (Wildman–Crippen LogP) is 1.45. The first-order chi connectivity index (χ1) is 13.8. The van der Waals surface area contributed by atoms with Crippen LogP contribution in [0.1, 0.15) is 12.0 Å². The lowest BCUT2D eigenvalue weighted by Gasteiger charge is -2.22. The third-order valence-corrected chi connectivity index (χ3v) is 4.60. The van der Waals surface area contributed by atoms with E-state index >= 15 is 0 Å². The molecule has 0 aliphatic rings. The summed E-state index contributed by atoms with van der Waals surface area (Å²) in [5, 5.41) is 9.46. The molecule has 0 saturated heterocycles. The fourth-order valence-corrected chi connectivity index (χ4v) is 2.95. The van der Waals surface area contributed by atoms with Crippen LogP contribution in [0.2, 0.25) is 0 Å². The van der Waals surface area contributed by atoms with E-state index in [4.69, 9.17) is 27.0 Å². The Kier molecular flexibility index (Phi) is 5.64. The maximum atomic E-state index is 10.7. The number of hydrogen-bond donors (Lipinski definition) is 4. The van der Waals surface area contributed by atoms with Gasteiger partial charge in [-0.1, -0.05) is 0 Å². The number of benzene rings is 1. The van der Waals surface area contributed by atoms with Crippen LogP contribution in [0, 0.1) is 6.92 Å². The maximum absolute atomic E-state index is 10.7. The summed E-state index contributed by atoms with van der Waals surface area (Å²) in [4.78, 5) is 25.2. The van der Waals surface area contributed by atoms with E-state index in [-0.39, 0.29) is 24.8 Å². The second-order valence-corrected chi connectivity index (χ2v) is 6.57. The first-order valence-corrected chi connectivity index (χ1v) is 8.91. The summed E-state index contributed by atoms with van der Waals surface area (Å²) in [6, 6.07) is 6.45. The molecule has 0 aliphatic heterocycles. The van der Waals surface area contributed by atoms with Crippen molar-refractivity contribution in [1.29, 1.82) is 0 Å². The van der Waals surface area contributed by atoms with E-state index in [1.54, 1.807) is 18.3 Å². The highest BCUT2D eigenvalue weighted by molar-refractivity contribution is 5.93. The summed E-state index contributed by atoms with van der Waals surface area (Å²) in [5.41, 5.74) is 20.2. The zero-order chi connectivity index (χ0) is 21.1. The van der Waals surface area contributed by atoms with E-state index in [1.165, 1.54) is 0 Å². The van der Waals surface area contributed by atoms with Crippen LogP contribution < -0.4 is 26.8 Å². The number of carbonyl (C=O) groups is 1. The van der Waals surface area contributed by atoms with Crippen molar-refractivity contribution < 1.29 is 14.6 Å². The molecule has 1 atom stereocenters. The van der Waals surface area contributed by atoms with Gasteiger partial charge >= 0.3 is 5.97 Å². The lowest BCUT2D eigenvalue weighted by atomic mass is 10.1. The van der Waals surface area contributed by atoms with Crippen LogP contribution in [0.25, 0.3) is 11.0 Å². The standard InChI is InChI=1S/C19H23N7O3/c1-10-14(9-23-17-15(10)16(21)24-19(22)25-17)26(2)11-3-5-12(6-4-11)29-8-7-13(20)18(27)28/h3-6,9,13H,7-8,20H2,1-2H3,(H,27,28)(H4,21,22,23,24,25)/t13-/m0/s1. The van der Waals surface area contributed by atoms with Crippen molar-refractivity contribution in [3.63, 3.8) is 0 Å². The van der Waals surface area contributed by atoms with Gasteiger partial charge in [-0.2, -0.15) is 9.97 Å². The second kappa shape index (κ2) is 8.15. The van der Waals surface area contributed by atoms with E-state index in [2.05, 4.69) is 15.0 Å². The summed E-state index contributed by atoms with van der Waals surface area (Å²) in [6.45, 7) is 2.15. The average Bonchev–Trinajstić information content (AvgIpc) is 2.67. The molecule has 3 rings (SSSR count). The third kappa shape index (κ3) is 4.27. The summed E-state index contributed by atoms with van der Waals surface area (Å²) >= 11 is 0. The molecule has 152 valence electrons. The minimum Gasteiger partial charge on any atom is -0.494 e. The summed E-state index contributed by atoms with van der Waals surface area (Å²) < 4.78 is 5.56. The van der Waals surface area contributed by atoms with Crippen LogP contribution in [0.3, 0.4) is 0 Å². The fourth-order valence-electron chi connectivity index (χ4n) is 2.95. The Morgan fingerprint density at radius 2 is 1.93 bits per heavy atom. The molecule has 0 radical (unpaired) electrons. The number of carboxylic acid groups (broad SMARTS) is 1. The quantitative estimate of drug-likeness (QED) is 0.458. The van der Waals surface area contributed by atoms with Crippen molar-refractivity contribution in [3.05, 3.63) is 36.0 Å². The lowest BCUT2D eigenvalue weighted by Crippen LogP contribution is -2.31. The number of aliphatic carboxylic acids is 1. The van der Waals surface area contributed by atoms with Gasteiger partial charge in [0.05, 0.1) is 23.9 Å². The SMILES string of the molecule is Cc1c(N(C)c2ccc(OCC[C@H](N)C(=O)O)cc2)cnc2nc(N)nc(N)c12. The minimum atomic E-state index is -1.04. The Balaban J connectivity index is 1.77. The van der Waals surface area contributed by atoms with Gasteiger partial charge in [0.2, 0.25) is 5.95 Å². The molecule has 29 heavy (non-hydrogen) atoms. The van der Waals surface area contributed by atoms with Gasteiger partial charge in [0.1, 0.15) is 17.6 Å². The van der Waals surface area contributed by atoms with Crippen LogP contribution in [0.15, 0.2) is 30.5 Å². The smallest absolute Gasteiger partial charge is 0.320 e. The molecule has 2 heterocycles. The maximum Gasteiger partial charge on any atom is 0.320 e. The van der Waals surface area contributed by atoms with Crippen molar-refractivity contribution in [2.75, 3.05) is 30.0 Å². The summed E-state index contributed by atoms with van der Waals surface area (Å²) in [6.07, 6.45) is 1.94. The predicted molar refractivity (Wildman–Crippen MR) is 111 cm³/mol. The minimum absolute atomic E-state index is 0.0860. The molecule has 10 nitrogen and oxygen atoms in total. The molecule has 0 amide bonds. The van der Waals surface area contributed by atoms with Crippen molar-refractivity contribution in [2.45, 2.75) is 19.4 Å². The normalized spacial score (nSPS) is 12.0. The monoisotopic (exact) mass is 397 g/mol. The van der Waals surface area contributed by atoms with Crippen LogP contribution >= 0.6 is 0 Å². The molecule has 0 bridgehead atoms. The summed E-state index contributed by atoms with van der Waals surface area (Å²) in [5.74, 6) is -0.0427. The molecular formula is C19H23N7O3. The summed E-state index contributed by atoms with van der Waals surface area (Å²) in [7, 11) is 1.91. The number of ether oxygens (including phenoxy) is 1. The van der Waals surface area contributed by atoms with E-state index in [1.807, 2.05) is 31.0 Å². The molecule has 10 heteroatoms. The molecule has 1 aromatic carbocycles. The number of nitrogens with zero attached hydrogens (tertiary/aromatic N) is 4. The van der Waals surface area contributed by atoms with Gasteiger partial charge in [-0.25, -0.2) is 4.98 Å². The van der Waals surface area contributed by atoms with E-state index in [0.717, 1.165) is 16.9 Å². The lowest BCUT2D eigenvalue weighted by molar-refractivity contribution is -0.138. The number of aryl methyl sites for hydroxylation is 1. The van der Waals surface area contributed by atoms with Gasteiger partial charge in [0, 0.05) is 19.2 Å². The van der Waals surface area contributed by atoms with Gasteiger partial charge in [-0.15, -0.1) is 0 Å². The number of nitrogens with two attached hydrogens (primary N) is 3. The number of carboxylic acids is 1. The van der Waals surface area contributed by atoms with Crippen molar-refractivity contribution in [2.24, 2.45) is 5.73 Å². The van der Waals surface area contributed by atoms with Gasteiger partial charge in [0.25, 0.3) is 0 Å². The van der Waals surface area contributed by atoms with Crippen molar-refractivity contribution in [3.8, 4) is 5.75 Å². The third-order valence-electron chi connectivity index (χ3n) is 4.60. The van der Waals surface area contributed by atoms with Crippen LogP contribution in [-0.4, -0.2) is 45.7 Å². The molecular weight excluding hydrogens is 374 g/mol. The fraction of sp³-hybridized carbons (Fsp3) is 0.263. The Labute approximate surface area is 167 Å². The number of rotatable bonds is 7. The number of aromatic nitrogens is 3. The van der Waals surface area contributed by atoms with Crippen LogP contribution in [0.4, 0.5) is 23.1 Å². The zero-order valence-corrected chi connectivity index (χ0v) is 16.2. The largest absolute Gasteiger partial charge is 0.494 e. The van der Waals surface area contributed by atoms with Crippen molar-refractivity contribution in [1.82, 2.24) is 15.0 Å². The molecule has 0 unspecified atom stereocenters. The van der Waals surface area contributed by atoms with Gasteiger partial charge in [-0.05, 0) is 36.8 Å². The topological polar surface area (TPSA) is 167 Å². The number of pyridine rings is 1. The Bertz CT molecular complexity index is 1040. The highest BCUT2D eigenvalue weighted by atomic mass is 16.5. The highest BCUT2D eigenvalue weighted by Crippen LogP contribution is 2.32. The molecule has 2 aromatic heterocycles. The second-order valence-electron chi connectivity index (χ2n) is 6.57. The molecule has 7 N–H and O–H groups in total. The number of hydrogen-bond acceptors (Lipinski definition) is 9. The van der Waals surface area contributed by atoms with Gasteiger partial charge in [-0.3, -0.25) is 4.79 Å². The van der Waals surface area contributed by atoms with E-state index < -0.39 is 12.0 Å². The average molecular weight is 397 g/mol. The van der Waals surface area contributed by atoms with Crippen molar-refractivity contribution >= 4 is 40.1 Å². The zero-order valence-electron chi connectivity index (χ0n) is 16.2. The Hall–Kier alpha value is -3.66. The first-order valence-electron chi connectivity index (χ1n) is 8.91. The number of anilines is 4. The van der Waals surface area contributed by atoms with E-state index in [9.17, 15) is 4.79 Å². The Morgan fingerprint density at radius 1 is 1.24 bits per heavy atom. The molecule has 3 aromatic rings. The number of fused-ring (bicyclic) bond motifs is 1. The van der Waals surface area contributed by atoms with E-state index in [0.29, 0.717) is 16.8 Å². The molecule has 0 spiro atoms. The highest BCUT2D eigenvalue weighted by Gasteiger charge is 2.15. The first kappa shape index (κ1) is 20.1.